The number of benzene rings is 2. The third-order valence-electron chi connectivity index (χ3n) is 4.95. The second-order valence-corrected chi connectivity index (χ2v) is 6.97. The number of rotatable bonds is 5. The fourth-order valence-corrected chi connectivity index (χ4v) is 3.45. The number of hydrogen-bond donors (Lipinski definition) is 2. The normalized spacial score (nSPS) is 13.1. The predicted molar refractivity (Wildman–Crippen MR) is 107 cm³/mol. The van der Waals surface area contributed by atoms with Crippen LogP contribution in [-0.2, 0) is 35.4 Å². The molecule has 0 bridgehead atoms. The largest absolute Gasteiger partial charge is 0.337 e. The Morgan fingerprint density at radius 3 is 2.29 bits per heavy atom. The number of carbonyl (C=O) groups excluding carboxylic acids is 2. The van der Waals surface area contributed by atoms with Crippen LogP contribution in [0.25, 0.3) is 0 Å². The first kappa shape index (κ1) is 18.0. The lowest BCUT2D eigenvalue weighted by atomic mass is 10.1. The first-order valence-corrected chi connectivity index (χ1v) is 9.40. The molecular formula is C22H22N4O2. The van der Waals surface area contributed by atoms with Crippen molar-refractivity contribution >= 4 is 17.6 Å². The van der Waals surface area contributed by atoms with Crippen LogP contribution in [-0.4, -0.2) is 33.5 Å². The zero-order valence-electron chi connectivity index (χ0n) is 15.5. The standard InChI is InChI=1S/C22H22N4O2/c27-20(13-16-7-3-1-4-8-16)23-22-18-15-26(12-11-19(18)24-25-22)21(28)14-17-9-5-2-6-10-17/h1-10H,11-15H2,(H2,23,24,25,27). The van der Waals surface area contributed by atoms with Crippen LogP contribution in [0.1, 0.15) is 22.4 Å². The Balaban J connectivity index is 1.41. The third kappa shape index (κ3) is 4.11. The van der Waals surface area contributed by atoms with E-state index in [4.69, 9.17) is 0 Å². The molecule has 6 heteroatoms. The number of fused-ring (bicyclic) bond motifs is 1. The van der Waals surface area contributed by atoms with Gasteiger partial charge in [0.05, 0.1) is 19.4 Å². The molecule has 0 fully saturated rings. The first-order valence-electron chi connectivity index (χ1n) is 9.40. The Morgan fingerprint density at radius 1 is 0.964 bits per heavy atom. The minimum absolute atomic E-state index is 0.0830. The quantitative estimate of drug-likeness (QED) is 0.721. The van der Waals surface area contributed by atoms with Gasteiger partial charge >= 0.3 is 0 Å². The molecule has 1 aliphatic rings. The summed E-state index contributed by atoms with van der Waals surface area (Å²) in [6.07, 6.45) is 1.38. The van der Waals surface area contributed by atoms with Gasteiger partial charge in [-0.1, -0.05) is 60.7 Å². The predicted octanol–water partition coefficient (Wildman–Crippen LogP) is 2.72. The highest BCUT2D eigenvalue weighted by Gasteiger charge is 2.25. The molecule has 142 valence electrons. The maximum Gasteiger partial charge on any atom is 0.230 e. The molecule has 2 heterocycles. The van der Waals surface area contributed by atoms with E-state index in [1.807, 2.05) is 65.6 Å². The summed E-state index contributed by atoms with van der Waals surface area (Å²) in [4.78, 5) is 26.9. The van der Waals surface area contributed by atoms with Crippen LogP contribution in [0.3, 0.4) is 0 Å². The lowest BCUT2D eigenvalue weighted by Gasteiger charge is -2.27. The summed E-state index contributed by atoms with van der Waals surface area (Å²) in [6, 6.07) is 19.3. The highest BCUT2D eigenvalue weighted by Crippen LogP contribution is 2.24. The monoisotopic (exact) mass is 374 g/mol. The van der Waals surface area contributed by atoms with Gasteiger partial charge in [-0.2, -0.15) is 5.10 Å². The van der Waals surface area contributed by atoms with Crippen molar-refractivity contribution in [2.75, 3.05) is 11.9 Å². The highest BCUT2D eigenvalue weighted by molar-refractivity contribution is 5.92. The minimum Gasteiger partial charge on any atom is -0.337 e. The van der Waals surface area contributed by atoms with E-state index in [1.54, 1.807) is 0 Å². The van der Waals surface area contributed by atoms with E-state index < -0.39 is 0 Å². The molecule has 3 aromatic rings. The van der Waals surface area contributed by atoms with Gasteiger partial charge in [-0.25, -0.2) is 0 Å². The van der Waals surface area contributed by atoms with E-state index in [-0.39, 0.29) is 11.8 Å². The van der Waals surface area contributed by atoms with E-state index in [0.717, 1.165) is 22.4 Å². The molecule has 1 aromatic heterocycles. The molecule has 1 aliphatic heterocycles. The van der Waals surface area contributed by atoms with Gasteiger partial charge in [0.1, 0.15) is 0 Å². The van der Waals surface area contributed by atoms with Crippen molar-refractivity contribution in [3.63, 3.8) is 0 Å². The summed E-state index contributed by atoms with van der Waals surface area (Å²) in [5.74, 6) is 0.487. The Bertz CT molecular complexity index is 967. The van der Waals surface area contributed by atoms with Crippen LogP contribution in [0.15, 0.2) is 60.7 Å². The van der Waals surface area contributed by atoms with Crippen LogP contribution >= 0.6 is 0 Å². The number of anilines is 1. The summed E-state index contributed by atoms with van der Waals surface area (Å²) in [7, 11) is 0. The molecule has 0 saturated carbocycles. The fourth-order valence-electron chi connectivity index (χ4n) is 3.45. The lowest BCUT2D eigenvalue weighted by molar-refractivity contribution is -0.131. The number of aromatic amines is 1. The summed E-state index contributed by atoms with van der Waals surface area (Å²) < 4.78 is 0. The van der Waals surface area contributed by atoms with Gasteiger partial charge in [0.25, 0.3) is 0 Å². The van der Waals surface area contributed by atoms with Crippen molar-refractivity contribution in [2.45, 2.75) is 25.8 Å². The number of aromatic nitrogens is 2. The van der Waals surface area contributed by atoms with Gasteiger partial charge in [-0.05, 0) is 11.1 Å². The molecule has 0 saturated heterocycles. The van der Waals surface area contributed by atoms with Gasteiger partial charge in [0, 0.05) is 24.2 Å². The zero-order chi connectivity index (χ0) is 19.3. The number of nitrogens with zero attached hydrogens (tertiary/aromatic N) is 2. The maximum atomic E-state index is 12.7. The van der Waals surface area contributed by atoms with Crippen molar-refractivity contribution < 1.29 is 9.59 Å². The molecular weight excluding hydrogens is 352 g/mol. The molecule has 0 atom stereocenters. The summed E-state index contributed by atoms with van der Waals surface area (Å²) in [5, 5.41) is 10.2. The lowest BCUT2D eigenvalue weighted by Crippen LogP contribution is -2.37. The van der Waals surface area contributed by atoms with Gasteiger partial charge in [0.2, 0.25) is 11.8 Å². The SMILES string of the molecule is O=C(Cc1ccccc1)Nc1n[nH]c2c1CN(C(=O)Cc1ccccc1)CC2. The smallest absolute Gasteiger partial charge is 0.230 e. The topological polar surface area (TPSA) is 78.1 Å². The molecule has 0 radical (unpaired) electrons. The van der Waals surface area contributed by atoms with Crippen molar-refractivity contribution in [3.05, 3.63) is 83.0 Å². The zero-order valence-corrected chi connectivity index (χ0v) is 15.5. The highest BCUT2D eigenvalue weighted by atomic mass is 16.2. The van der Waals surface area contributed by atoms with E-state index >= 15 is 0 Å². The Kier molecular flexibility index (Phi) is 5.19. The Morgan fingerprint density at radius 2 is 1.61 bits per heavy atom. The van der Waals surface area contributed by atoms with Gasteiger partial charge in [0.15, 0.2) is 5.82 Å². The molecule has 0 spiro atoms. The second-order valence-electron chi connectivity index (χ2n) is 6.97. The molecule has 2 N–H and O–H groups in total. The summed E-state index contributed by atoms with van der Waals surface area (Å²) in [6.45, 7) is 1.11. The van der Waals surface area contributed by atoms with E-state index in [2.05, 4.69) is 15.5 Å². The fraction of sp³-hybridized carbons (Fsp3) is 0.227. The van der Waals surface area contributed by atoms with E-state index in [1.165, 1.54) is 0 Å². The van der Waals surface area contributed by atoms with Gasteiger partial charge in [-0.15, -0.1) is 0 Å². The number of hydrogen-bond acceptors (Lipinski definition) is 3. The first-order chi connectivity index (χ1) is 13.7. The van der Waals surface area contributed by atoms with Crippen LogP contribution in [0, 0.1) is 0 Å². The van der Waals surface area contributed by atoms with Crippen LogP contribution < -0.4 is 5.32 Å². The number of nitrogens with one attached hydrogen (secondary N) is 2. The van der Waals surface area contributed by atoms with Gasteiger partial charge in [-0.3, -0.25) is 14.7 Å². The second kappa shape index (κ2) is 8.08. The number of H-pyrrole nitrogens is 1. The summed E-state index contributed by atoms with van der Waals surface area (Å²) in [5.41, 5.74) is 3.83. The average Bonchev–Trinajstić information content (AvgIpc) is 3.11. The Hall–Kier alpha value is -3.41. The number of amides is 2. The molecule has 2 amide bonds. The summed E-state index contributed by atoms with van der Waals surface area (Å²) >= 11 is 0. The molecule has 6 nitrogen and oxygen atoms in total. The third-order valence-corrected chi connectivity index (χ3v) is 4.95. The van der Waals surface area contributed by atoms with Crippen molar-refractivity contribution in [1.29, 1.82) is 0 Å². The van der Waals surface area contributed by atoms with Gasteiger partial charge < -0.3 is 10.2 Å². The molecule has 28 heavy (non-hydrogen) atoms. The minimum atomic E-state index is -0.117. The number of carbonyl (C=O) groups is 2. The maximum absolute atomic E-state index is 12.7. The molecule has 2 aromatic carbocycles. The van der Waals surface area contributed by atoms with E-state index in [9.17, 15) is 9.59 Å². The van der Waals surface area contributed by atoms with Crippen molar-refractivity contribution in [2.24, 2.45) is 0 Å². The molecule has 4 rings (SSSR count). The Labute approximate surface area is 163 Å². The van der Waals surface area contributed by atoms with E-state index in [0.29, 0.717) is 38.2 Å². The molecule has 0 aliphatic carbocycles. The van der Waals surface area contributed by atoms with Crippen LogP contribution in [0.4, 0.5) is 5.82 Å². The molecule has 0 unspecified atom stereocenters. The van der Waals surface area contributed by atoms with Crippen LogP contribution in [0.5, 0.6) is 0 Å². The average molecular weight is 374 g/mol. The van der Waals surface area contributed by atoms with Crippen molar-refractivity contribution in [1.82, 2.24) is 15.1 Å². The van der Waals surface area contributed by atoms with Crippen LogP contribution in [0.2, 0.25) is 0 Å². The van der Waals surface area contributed by atoms with Crippen molar-refractivity contribution in [3.8, 4) is 0 Å².